The van der Waals surface area contributed by atoms with Gasteiger partial charge >= 0.3 is 0 Å². The van der Waals surface area contributed by atoms with Gasteiger partial charge in [0.2, 0.25) is 0 Å². The molecule has 0 heterocycles. The minimum absolute atomic E-state index is 0.102. The van der Waals surface area contributed by atoms with Crippen LogP contribution in [0.2, 0.25) is 0 Å². The highest BCUT2D eigenvalue weighted by Gasteiger charge is 2.01. The number of ketones is 1. The molecule has 4 nitrogen and oxygen atoms in total. The monoisotopic (exact) mass is 201 g/mol. The summed E-state index contributed by atoms with van der Waals surface area (Å²) in [6, 6.07) is 0. The molecular formula is C8H15N3OS. The van der Waals surface area contributed by atoms with Gasteiger partial charge in [0.05, 0.1) is 0 Å². The highest BCUT2D eigenvalue weighted by molar-refractivity contribution is 7.80. The number of thiocarbonyl (C=S) groups is 1. The fourth-order valence-corrected chi connectivity index (χ4v) is 0.900. The second kappa shape index (κ2) is 5.64. The summed E-state index contributed by atoms with van der Waals surface area (Å²) in [4.78, 5) is 10.7. The van der Waals surface area contributed by atoms with Crippen molar-refractivity contribution >= 4 is 28.8 Å². The normalized spacial score (nSPS) is 10.9. The summed E-state index contributed by atoms with van der Waals surface area (Å²) >= 11 is 4.93. The summed E-state index contributed by atoms with van der Waals surface area (Å²) in [5, 5.41) is 8.97. The number of carbonyl (C=O) groups excluding carboxylic acids is 1. The largest absolute Gasteiger partial charge is 0.364 e. The summed E-state index contributed by atoms with van der Waals surface area (Å²) in [6.45, 7) is 3.34. The average Bonchev–Trinajstić information content (AvgIpc) is 2.01. The van der Waals surface area contributed by atoms with Gasteiger partial charge in [-0.15, -0.1) is 0 Å². The van der Waals surface area contributed by atoms with E-state index in [1.54, 1.807) is 21.0 Å². The molecule has 0 atom stereocenters. The van der Waals surface area contributed by atoms with Gasteiger partial charge in [-0.05, 0) is 26.1 Å². The Kier molecular flexibility index (Phi) is 5.22. The van der Waals surface area contributed by atoms with Gasteiger partial charge < -0.3 is 5.32 Å². The first-order chi connectivity index (χ1) is 5.97. The molecule has 0 saturated carbocycles. The zero-order valence-electron chi connectivity index (χ0n) is 8.42. The summed E-state index contributed by atoms with van der Waals surface area (Å²) in [5.74, 6) is 0.102. The molecule has 5 heteroatoms. The van der Waals surface area contributed by atoms with Gasteiger partial charge in [-0.2, -0.15) is 5.10 Å². The first kappa shape index (κ1) is 12.0. The Balaban J connectivity index is 4.21. The summed E-state index contributed by atoms with van der Waals surface area (Å²) in [7, 11) is 3.47. The third-order valence-corrected chi connectivity index (χ3v) is 1.80. The van der Waals surface area contributed by atoms with E-state index in [1.807, 2.05) is 0 Å². The predicted molar refractivity (Wildman–Crippen MR) is 57.8 cm³/mol. The lowest BCUT2D eigenvalue weighted by atomic mass is 10.2. The zero-order valence-corrected chi connectivity index (χ0v) is 9.23. The van der Waals surface area contributed by atoms with Crippen molar-refractivity contribution in [3.63, 3.8) is 0 Å². The molecule has 0 aromatic rings. The van der Waals surface area contributed by atoms with Crippen LogP contribution in [-0.2, 0) is 4.79 Å². The number of rotatable bonds is 3. The predicted octanol–water partition coefficient (Wildman–Crippen LogP) is 0.777. The number of hydrogen-bond acceptors (Lipinski definition) is 3. The SMILES string of the molecule is CNC(=S)N(C)/N=C(/C)CC(C)=O. The molecular weight excluding hydrogens is 186 g/mol. The van der Waals surface area contributed by atoms with Gasteiger partial charge in [0.15, 0.2) is 5.11 Å². The van der Waals surface area contributed by atoms with Crippen molar-refractivity contribution in [1.29, 1.82) is 0 Å². The maximum absolute atomic E-state index is 10.7. The van der Waals surface area contributed by atoms with E-state index in [4.69, 9.17) is 12.2 Å². The fourth-order valence-electron chi connectivity index (χ4n) is 0.859. The van der Waals surface area contributed by atoms with E-state index < -0.39 is 0 Å². The van der Waals surface area contributed by atoms with Crippen LogP contribution in [0.5, 0.6) is 0 Å². The number of carbonyl (C=O) groups is 1. The number of nitrogens with one attached hydrogen (secondary N) is 1. The molecule has 0 aliphatic heterocycles. The van der Waals surface area contributed by atoms with Crippen molar-refractivity contribution in [2.75, 3.05) is 14.1 Å². The molecule has 0 saturated heterocycles. The highest BCUT2D eigenvalue weighted by atomic mass is 32.1. The van der Waals surface area contributed by atoms with Crippen molar-refractivity contribution in [2.45, 2.75) is 20.3 Å². The maximum Gasteiger partial charge on any atom is 0.189 e. The second-order valence-corrected chi connectivity index (χ2v) is 3.18. The van der Waals surface area contributed by atoms with Crippen molar-refractivity contribution in [1.82, 2.24) is 10.3 Å². The van der Waals surface area contributed by atoms with E-state index in [0.717, 1.165) is 5.71 Å². The van der Waals surface area contributed by atoms with Crippen molar-refractivity contribution in [3.05, 3.63) is 0 Å². The third kappa shape index (κ3) is 5.30. The van der Waals surface area contributed by atoms with E-state index in [2.05, 4.69) is 10.4 Å². The van der Waals surface area contributed by atoms with Crippen LogP contribution in [0.4, 0.5) is 0 Å². The van der Waals surface area contributed by atoms with E-state index in [0.29, 0.717) is 11.5 Å². The molecule has 0 aliphatic carbocycles. The Morgan fingerprint density at radius 3 is 2.46 bits per heavy atom. The van der Waals surface area contributed by atoms with Crippen molar-refractivity contribution < 1.29 is 4.79 Å². The molecule has 0 fully saturated rings. The van der Waals surface area contributed by atoms with E-state index in [9.17, 15) is 4.79 Å². The Bertz CT molecular complexity index is 238. The highest BCUT2D eigenvalue weighted by Crippen LogP contribution is 1.92. The van der Waals surface area contributed by atoms with E-state index in [-0.39, 0.29) is 5.78 Å². The van der Waals surface area contributed by atoms with Crippen LogP contribution >= 0.6 is 12.2 Å². The molecule has 0 radical (unpaired) electrons. The van der Waals surface area contributed by atoms with Crippen LogP contribution in [0.3, 0.4) is 0 Å². The van der Waals surface area contributed by atoms with Gasteiger partial charge in [0.1, 0.15) is 5.78 Å². The third-order valence-electron chi connectivity index (χ3n) is 1.33. The molecule has 74 valence electrons. The van der Waals surface area contributed by atoms with Gasteiger partial charge in [-0.1, -0.05) is 0 Å². The van der Waals surface area contributed by atoms with Gasteiger partial charge in [0, 0.05) is 26.2 Å². The summed E-state index contributed by atoms with van der Waals surface area (Å²) in [5.41, 5.74) is 0.757. The topological polar surface area (TPSA) is 44.7 Å². The lowest BCUT2D eigenvalue weighted by molar-refractivity contribution is -0.115. The molecule has 13 heavy (non-hydrogen) atoms. The minimum Gasteiger partial charge on any atom is -0.364 e. The second-order valence-electron chi connectivity index (χ2n) is 2.79. The molecule has 0 aromatic heterocycles. The number of hydrazone groups is 1. The molecule has 0 amide bonds. The Hall–Kier alpha value is -0.970. The molecule has 0 unspecified atom stereocenters. The van der Waals surface area contributed by atoms with Gasteiger partial charge in [-0.25, -0.2) is 5.01 Å². The van der Waals surface area contributed by atoms with Crippen LogP contribution in [0.25, 0.3) is 0 Å². The van der Waals surface area contributed by atoms with Crippen LogP contribution in [0, 0.1) is 0 Å². The van der Waals surface area contributed by atoms with Crippen LogP contribution in [0.1, 0.15) is 20.3 Å². The Labute approximate surface area is 84.0 Å². The molecule has 0 rings (SSSR count). The Morgan fingerprint density at radius 2 is 2.08 bits per heavy atom. The van der Waals surface area contributed by atoms with E-state index >= 15 is 0 Å². The molecule has 0 aliphatic rings. The van der Waals surface area contributed by atoms with Crippen molar-refractivity contribution in [2.24, 2.45) is 5.10 Å². The van der Waals surface area contributed by atoms with Crippen molar-refractivity contribution in [3.8, 4) is 0 Å². The van der Waals surface area contributed by atoms with Crippen LogP contribution in [-0.4, -0.2) is 35.7 Å². The van der Waals surface area contributed by atoms with Gasteiger partial charge in [-0.3, -0.25) is 4.79 Å². The Morgan fingerprint density at radius 1 is 1.54 bits per heavy atom. The maximum atomic E-state index is 10.7. The summed E-state index contributed by atoms with van der Waals surface area (Å²) < 4.78 is 0. The number of nitrogens with zero attached hydrogens (tertiary/aromatic N) is 2. The van der Waals surface area contributed by atoms with E-state index in [1.165, 1.54) is 11.9 Å². The molecule has 1 N–H and O–H groups in total. The standard InChI is InChI=1S/C8H15N3OS/c1-6(5-7(2)12)10-11(4)8(13)9-3/h5H2,1-4H3,(H,9,13)/b10-6-. The summed E-state index contributed by atoms with van der Waals surface area (Å²) in [6.07, 6.45) is 0.372. The van der Waals surface area contributed by atoms with Crippen LogP contribution in [0.15, 0.2) is 5.10 Å². The van der Waals surface area contributed by atoms with Crippen LogP contribution < -0.4 is 5.32 Å². The molecule has 0 aromatic carbocycles. The molecule has 0 bridgehead atoms. The zero-order chi connectivity index (χ0) is 10.4. The smallest absolute Gasteiger partial charge is 0.189 e. The number of Topliss-reactive ketones (excluding diaryl/α,β-unsaturated/α-hetero) is 1. The fraction of sp³-hybridized carbons (Fsp3) is 0.625. The van der Waals surface area contributed by atoms with Gasteiger partial charge in [0.25, 0.3) is 0 Å². The quantitative estimate of drug-likeness (QED) is 0.416. The minimum atomic E-state index is 0.102. The lowest BCUT2D eigenvalue weighted by Gasteiger charge is -2.14. The first-order valence-electron chi connectivity index (χ1n) is 3.96. The number of hydrogen-bond donors (Lipinski definition) is 1. The average molecular weight is 201 g/mol. The molecule has 0 spiro atoms. The lowest BCUT2D eigenvalue weighted by Crippen LogP contribution is -2.31. The first-order valence-corrected chi connectivity index (χ1v) is 4.37.